The van der Waals surface area contributed by atoms with Crippen molar-refractivity contribution in [3.05, 3.63) is 35.4 Å². The van der Waals surface area contributed by atoms with Crippen molar-refractivity contribution < 1.29 is 19.1 Å². The highest BCUT2D eigenvalue weighted by molar-refractivity contribution is 5.91. The number of benzene rings is 1. The van der Waals surface area contributed by atoms with Crippen LogP contribution in [0.1, 0.15) is 69.3 Å². The number of rotatable bonds is 11. The number of hydrogen-bond acceptors (Lipinski definition) is 4. The minimum atomic E-state index is -0.357. The quantitative estimate of drug-likeness (QED) is 0.517. The number of amides is 1. The van der Waals surface area contributed by atoms with Crippen LogP contribution >= 0.6 is 0 Å². The zero-order valence-corrected chi connectivity index (χ0v) is 16.6. The lowest BCUT2D eigenvalue weighted by Crippen LogP contribution is -2.36. The van der Waals surface area contributed by atoms with Crippen molar-refractivity contribution in [3.8, 4) is 0 Å². The van der Waals surface area contributed by atoms with Crippen molar-refractivity contribution in [2.24, 2.45) is 5.92 Å². The molecule has 0 aliphatic carbocycles. The van der Waals surface area contributed by atoms with Crippen LogP contribution < -0.4 is 0 Å². The maximum atomic E-state index is 12.5. The molecule has 1 aromatic rings. The molecule has 1 amide bonds. The van der Waals surface area contributed by atoms with Crippen LogP contribution in [-0.4, -0.2) is 36.7 Å². The van der Waals surface area contributed by atoms with Crippen molar-refractivity contribution in [3.63, 3.8) is 0 Å². The Hall–Kier alpha value is -2.04. The molecule has 0 aliphatic heterocycles. The number of carbonyl (C=O) groups is 2. The van der Waals surface area contributed by atoms with Gasteiger partial charge < -0.3 is 14.4 Å². The molecule has 26 heavy (non-hydrogen) atoms. The molecule has 1 aromatic carbocycles. The lowest BCUT2D eigenvalue weighted by Gasteiger charge is -2.27. The van der Waals surface area contributed by atoms with Gasteiger partial charge in [-0.1, -0.05) is 51.3 Å². The molecular weight excluding hydrogens is 330 g/mol. The summed E-state index contributed by atoms with van der Waals surface area (Å²) in [6.45, 7) is 9.54. The van der Waals surface area contributed by atoms with Crippen molar-refractivity contribution in [1.29, 1.82) is 0 Å². The van der Waals surface area contributed by atoms with Crippen molar-refractivity contribution in [2.45, 2.75) is 59.9 Å². The predicted molar refractivity (Wildman–Crippen MR) is 103 cm³/mol. The summed E-state index contributed by atoms with van der Waals surface area (Å²) in [5, 5.41) is 0. The predicted octanol–water partition coefficient (Wildman–Crippen LogP) is 5.04. The molecule has 0 aromatic heterocycles. The number of nitrogens with zero attached hydrogens (tertiary/aromatic N) is 1. The van der Waals surface area contributed by atoms with Gasteiger partial charge in [0.15, 0.2) is 0 Å². The van der Waals surface area contributed by atoms with Gasteiger partial charge in [0, 0.05) is 13.1 Å². The van der Waals surface area contributed by atoms with Gasteiger partial charge in [-0.25, -0.2) is 9.59 Å². The van der Waals surface area contributed by atoms with Crippen molar-refractivity contribution in [2.75, 3.05) is 19.8 Å². The summed E-state index contributed by atoms with van der Waals surface area (Å²) in [5.41, 5.74) is 1.29. The number of hydrogen-bond donors (Lipinski definition) is 0. The Kier molecular flexibility index (Phi) is 10.4. The van der Waals surface area contributed by atoms with E-state index in [0.29, 0.717) is 37.8 Å². The van der Waals surface area contributed by atoms with Gasteiger partial charge in [-0.2, -0.15) is 0 Å². The first kappa shape index (κ1) is 22.0. The van der Waals surface area contributed by atoms with Crippen molar-refractivity contribution >= 4 is 12.1 Å². The Morgan fingerprint density at radius 3 is 2.35 bits per heavy atom. The van der Waals surface area contributed by atoms with E-state index in [2.05, 4.69) is 13.8 Å². The molecule has 5 nitrogen and oxygen atoms in total. The molecule has 146 valence electrons. The van der Waals surface area contributed by atoms with Gasteiger partial charge in [0.05, 0.1) is 18.8 Å². The van der Waals surface area contributed by atoms with E-state index in [1.54, 1.807) is 30.9 Å². The van der Waals surface area contributed by atoms with Gasteiger partial charge in [0.2, 0.25) is 0 Å². The Balaban J connectivity index is 2.98. The second-order valence-corrected chi connectivity index (χ2v) is 6.37. The van der Waals surface area contributed by atoms with E-state index in [4.69, 9.17) is 9.47 Å². The van der Waals surface area contributed by atoms with Crippen LogP contribution in [0.4, 0.5) is 4.79 Å². The number of ether oxygens (including phenoxy) is 2. The minimum absolute atomic E-state index is 0.323. The highest BCUT2D eigenvalue weighted by Crippen LogP contribution is 2.19. The first-order chi connectivity index (χ1) is 12.6. The molecule has 5 heteroatoms. The van der Waals surface area contributed by atoms with Crippen LogP contribution in [0.5, 0.6) is 0 Å². The van der Waals surface area contributed by atoms with E-state index in [1.807, 2.05) is 12.1 Å². The van der Waals surface area contributed by atoms with E-state index >= 15 is 0 Å². The third-order valence-electron chi connectivity index (χ3n) is 4.42. The van der Waals surface area contributed by atoms with Gasteiger partial charge in [-0.3, -0.25) is 0 Å². The fraction of sp³-hybridized carbons (Fsp3) is 0.619. The van der Waals surface area contributed by atoms with Crippen LogP contribution in [0.25, 0.3) is 0 Å². The number of carbonyl (C=O) groups excluding carboxylic acids is 2. The van der Waals surface area contributed by atoms with Crippen LogP contribution in [0.3, 0.4) is 0 Å². The monoisotopic (exact) mass is 363 g/mol. The largest absolute Gasteiger partial charge is 0.462 e. The third kappa shape index (κ3) is 7.06. The lowest BCUT2D eigenvalue weighted by atomic mass is 9.98. The average molecular weight is 363 g/mol. The molecule has 0 N–H and O–H groups in total. The summed E-state index contributed by atoms with van der Waals surface area (Å²) < 4.78 is 10.4. The average Bonchev–Trinajstić information content (AvgIpc) is 2.64. The van der Waals surface area contributed by atoms with Gasteiger partial charge in [-0.15, -0.1) is 0 Å². The second-order valence-electron chi connectivity index (χ2n) is 6.37. The highest BCUT2D eigenvalue weighted by Gasteiger charge is 2.22. The van der Waals surface area contributed by atoms with E-state index in [-0.39, 0.29) is 12.1 Å². The van der Waals surface area contributed by atoms with Crippen LogP contribution in [0.15, 0.2) is 24.3 Å². The van der Waals surface area contributed by atoms with E-state index in [9.17, 15) is 9.59 Å². The highest BCUT2D eigenvalue weighted by atomic mass is 16.6. The summed E-state index contributed by atoms with van der Waals surface area (Å²) in [6, 6.07) is 7.28. The standard InChI is InChI=1S/C21H33NO4/c1-5-9-12-17(6-2)15-22(21(24)26-8-4)16-18-13-10-11-14-19(18)20(23)25-7-3/h10-11,13-14,17H,5-9,12,15-16H2,1-4H3. The number of esters is 1. The third-order valence-corrected chi connectivity index (χ3v) is 4.42. The van der Waals surface area contributed by atoms with Crippen LogP contribution in [0, 0.1) is 5.92 Å². The minimum Gasteiger partial charge on any atom is -0.462 e. The fourth-order valence-electron chi connectivity index (χ4n) is 2.92. The Labute approximate surface area is 157 Å². The molecule has 0 bridgehead atoms. The topological polar surface area (TPSA) is 55.8 Å². The summed E-state index contributed by atoms with van der Waals surface area (Å²) in [6.07, 6.45) is 4.05. The molecule has 1 rings (SSSR count). The molecule has 1 atom stereocenters. The smallest absolute Gasteiger partial charge is 0.410 e. The van der Waals surface area contributed by atoms with E-state index in [1.165, 1.54) is 0 Å². The Morgan fingerprint density at radius 2 is 1.73 bits per heavy atom. The summed E-state index contributed by atoms with van der Waals surface area (Å²) in [4.78, 5) is 26.4. The maximum Gasteiger partial charge on any atom is 0.410 e. The first-order valence-electron chi connectivity index (χ1n) is 9.73. The second kappa shape index (κ2) is 12.3. The summed E-state index contributed by atoms with van der Waals surface area (Å²) in [7, 11) is 0. The summed E-state index contributed by atoms with van der Waals surface area (Å²) >= 11 is 0. The molecular formula is C21H33NO4. The van der Waals surface area contributed by atoms with E-state index in [0.717, 1.165) is 31.2 Å². The van der Waals surface area contributed by atoms with Gasteiger partial charge in [0.1, 0.15) is 0 Å². The molecule has 0 heterocycles. The zero-order chi connectivity index (χ0) is 19.4. The summed E-state index contributed by atoms with van der Waals surface area (Å²) in [5.74, 6) is 0.0686. The van der Waals surface area contributed by atoms with Gasteiger partial charge in [0.25, 0.3) is 0 Å². The van der Waals surface area contributed by atoms with Crippen molar-refractivity contribution in [1.82, 2.24) is 4.90 Å². The fourth-order valence-corrected chi connectivity index (χ4v) is 2.92. The zero-order valence-electron chi connectivity index (χ0n) is 16.6. The van der Waals surface area contributed by atoms with E-state index < -0.39 is 0 Å². The molecule has 0 aliphatic rings. The van der Waals surface area contributed by atoms with Gasteiger partial charge in [-0.05, 0) is 37.8 Å². The Morgan fingerprint density at radius 1 is 1.04 bits per heavy atom. The molecule has 1 unspecified atom stereocenters. The molecule has 0 fully saturated rings. The van der Waals surface area contributed by atoms with Crippen LogP contribution in [-0.2, 0) is 16.0 Å². The molecule has 0 radical (unpaired) electrons. The Bertz CT molecular complexity index is 559. The normalized spacial score (nSPS) is 11.7. The molecule has 0 saturated carbocycles. The lowest BCUT2D eigenvalue weighted by molar-refractivity contribution is 0.0521. The van der Waals surface area contributed by atoms with Crippen LogP contribution in [0.2, 0.25) is 0 Å². The van der Waals surface area contributed by atoms with Gasteiger partial charge >= 0.3 is 12.1 Å². The molecule has 0 spiro atoms. The number of unbranched alkanes of at least 4 members (excludes halogenated alkanes) is 1. The molecule has 0 saturated heterocycles. The SMILES string of the molecule is CCCCC(CC)CN(Cc1ccccc1C(=O)OCC)C(=O)OCC. The first-order valence-corrected chi connectivity index (χ1v) is 9.73. The maximum absolute atomic E-state index is 12.5.